The van der Waals surface area contributed by atoms with E-state index in [9.17, 15) is 18.0 Å². The minimum Gasteiger partial charge on any atom is -0.369 e. The molecule has 19 heavy (non-hydrogen) atoms. The van der Waals surface area contributed by atoms with Crippen molar-refractivity contribution in [3.63, 3.8) is 0 Å². The quantitative estimate of drug-likeness (QED) is 0.802. The number of hydrogen-bond donors (Lipinski definition) is 2. The van der Waals surface area contributed by atoms with Gasteiger partial charge >= 0.3 is 6.18 Å². The maximum absolute atomic E-state index is 12.1. The highest BCUT2D eigenvalue weighted by molar-refractivity contribution is 5.85. The van der Waals surface area contributed by atoms with Crippen LogP contribution in [0.5, 0.6) is 0 Å². The van der Waals surface area contributed by atoms with Gasteiger partial charge in [0.2, 0.25) is 5.91 Å². The molecule has 0 bridgehead atoms. The number of nitrogens with one attached hydrogen (secondary N) is 1. The Balaban J connectivity index is 1.94. The highest BCUT2D eigenvalue weighted by Crippen LogP contribution is 2.34. The zero-order valence-corrected chi connectivity index (χ0v) is 10.6. The smallest absolute Gasteiger partial charge is 0.369 e. The molecule has 1 amide bonds. The van der Waals surface area contributed by atoms with E-state index in [1.54, 1.807) is 0 Å². The molecule has 0 aromatic rings. The van der Waals surface area contributed by atoms with Crippen LogP contribution >= 0.6 is 0 Å². The molecule has 110 valence electrons. The summed E-state index contributed by atoms with van der Waals surface area (Å²) >= 11 is 0. The Bertz CT molecular complexity index is 344. The van der Waals surface area contributed by atoms with Crippen LogP contribution in [-0.2, 0) is 9.53 Å². The SMILES string of the molecule is NC(=O)C1(NC2CC2)CCCC(OCC(F)(F)F)C1. The largest absolute Gasteiger partial charge is 0.411 e. The van der Waals surface area contributed by atoms with Crippen molar-refractivity contribution in [1.82, 2.24) is 5.32 Å². The summed E-state index contributed by atoms with van der Waals surface area (Å²) in [6.45, 7) is -1.27. The lowest BCUT2D eigenvalue weighted by Crippen LogP contribution is -2.59. The molecular formula is C12H19F3N2O2. The fourth-order valence-electron chi connectivity index (χ4n) is 2.62. The van der Waals surface area contributed by atoms with Crippen molar-refractivity contribution in [3.8, 4) is 0 Å². The van der Waals surface area contributed by atoms with Crippen molar-refractivity contribution in [2.45, 2.75) is 62.4 Å². The summed E-state index contributed by atoms with van der Waals surface area (Å²) in [5, 5.41) is 3.20. The van der Waals surface area contributed by atoms with Crippen molar-refractivity contribution in [1.29, 1.82) is 0 Å². The Labute approximate surface area is 109 Å². The molecule has 0 saturated heterocycles. The number of halogens is 3. The first-order valence-electron chi connectivity index (χ1n) is 6.57. The van der Waals surface area contributed by atoms with Crippen LogP contribution in [0.1, 0.15) is 38.5 Å². The van der Waals surface area contributed by atoms with Crippen LogP contribution in [0, 0.1) is 0 Å². The Morgan fingerprint density at radius 2 is 2.05 bits per heavy atom. The number of primary amides is 1. The van der Waals surface area contributed by atoms with E-state index in [0.29, 0.717) is 19.3 Å². The van der Waals surface area contributed by atoms with E-state index < -0.39 is 30.3 Å². The molecule has 0 heterocycles. The topological polar surface area (TPSA) is 64.4 Å². The van der Waals surface area contributed by atoms with Crippen molar-refractivity contribution in [2.75, 3.05) is 6.61 Å². The molecule has 3 N–H and O–H groups in total. The van der Waals surface area contributed by atoms with Crippen molar-refractivity contribution in [2.24, 2.45) is 5.73 Å². The van der Waals surface area contributed by atoms with E-state index in [1.807, 2.05) is 0 Å². The predicted octanol–water partition coefficient (Wildman–Crippen LogP) is 1.48. The lowest BCUT2D eigenvalue weighted by atomic mass is 9.79. The molecule has 2 unspecified atom stereocenters. The lowest BCUT2D eigenvalue weighted by Gasteiger charge is -2.39. The molecule has 4 nitrogen and oxygen atoms in total. The van der Waals surface area contributed by atoms with E-state index in [2.05, 4.69) is 5.32 Å². The highest BCUT2D eigenvalue weighted by Gasteiger charge is 2.45. The second kappa shape index (κ2) is 5.28. The van der Waals surface area contributed by atoms with Gasteiger partial charge in [0.15, 0.2) is 0 Å². The maximum Gasteiger partial charge on any atom is 0.411 e. The van der Waals surface area contributed by atoms with Crippen LogP contribution in [0.2, 0.25) is 0 Å². The normalized spacial score (nSPS) is 32.3. The van der Waals surface area contributed by atoms with E-state index in [1.165, 1.54) is 0 Å². The molecule has 2 aliphatic carbocycles. The van der Waals surface area contributed by atoms with E-state index in [4.69, 9.17) is 10.5 Å². The van der Waals surface area contributed by atoms with E-state index >= 15 is 0 Å². The number of carbonyl (C=O) groups is 1. The molecule has 0 aromatic heterocycles. The molecule has 0 spiro atoms. The third kappa shape index (κ3) is 4.07. The third-order valence-corrected chi connectivity index (χ3v) is 3.72. The van der Waals surface area contributed by atoms with Crippen LogP contribution in [0.4, 0.5) is 13.2 Å². The Morgan fingerprint density at radius 3 is 2.58 bits per heavy atom. The van der Waals surface area contributed by atoms with Crippen molar-refractivity contribution >= 4 is 5.91 Å². The number of nitrogens with two attached hydrogens (primary N) is 1. The van der Waals surface area contributed by atoms with Gasteiger partial charge < -0.3 is 15.8 Å². The van der Waals surface area contributed by atoms with E-state index in [0.717, 1.165) is 12.8 Å². The Hall–Kier alpha value is -0.820. The predicted molar refractivity (Wildman–Crippen MR) is 62.3 cm³/mol. The van der Waals surface area contributed by atoms with Crippen LogP contribution in [0.3, 0.4) is 0 Å². The summed E-state index contributed by atoms with van der Waals surface area (Å²) in [6, 6.07) is 0.272. The van der Waals surface area contributed by atoms with Crippen LogP contribution < -0.4 is 11.1 Å². The lowest BCUT2D eigenvalue weighted by molar-refractivity contribution is -0.190. The van der Waals surface area contributed by atoms with Gasteiger partial charge in [0, 0.05) is 12.5 Å². The van der Waals surface area contributed by atoms with Crippen molar-refractivity contribution < 1.29 is 22.7 Å². The van der Waals surface area contributed by atoms with Gasteiger partial charge in [0.05, 0.1) is 6.10 Å². The number of hydrogen-bond acceptors (Lipinski definition) is 3. The Morgan fingerprint density at radius 1 is 1.37 bits per heavy atom. The fraction of sp³-hybridized carbons (Fsp3) is 0.917. The summed E-state index contributed by atoms with van der Waals surface area (Å²) in [7, 11) is 0. The van der Waals surface area contributed by atoms with Crippen LogP contribution in [-0.4, -0.2) is 36.4 Å². The Kier molecular flexibility index (Phi) is 4.06. The van der Waals surface area contributed by atoms with Gasteiger partial charge in [-0.1, -0.05) is 0 Å². The summed E-state index contributed by atoms with van der Waals surface area (Å²) in [4.78, 5) is 11.7. The van der Waals surface area contributed by atoms with Gasteiger partial charge in [-0.05, 0) is 32.1 Å². The average molecular weight is 280 g/mol. The van der Waals surface area contributed by atoms with Crippen LogP contribution in [0.15, 0.2) is 0 Å². The molecule has 2 atom stereocenters. The van der Waals surface area contributed by atoms with E-state index in [-0.39, 0.29) is 12.5 Å². The molecule has 0 aromatic carbocycles. The first-order chi connectivity index (χ1) is 8.81. The number of ether oxygens (including phenoxy) is 1. The third-order valence-electron chi connectivity index (χ3n) is 3.72. The number of carbonyl (C=O) groups excluding carboxylic acids is 1. The second-order valence-electron chi connectivity index (χ2n) is 5.51. The molecular weight excluding hydrogens is 261 g/mol. The van der Waals surface area contributed by atoms with Gasteiger partial charge in [0.25, 0.3) is 0 Å². The van der Waals surface area contributed by atoms with Gasteiger partial charge in [-0.25, -0.2) is 0 Å². The zero-order valence-electron chi connectivity index (χ0n) is 10.6. The molecule has 2 fully saturated rings. The average Bonchev–Trinajstić information content (AvgIpc) is 3.09. The number of rotatable bonds is 5. The minimum atomic E-state index is -4.34. The highest BCUT2D eigenvalue weighted by atomic mass is 19.4. The maximum atomic E-state index is 12.1. The molecule has 2 rings (SSSR count). The monoisotopic (exact) mass is 280 g/mol. The first-order valence-corrected chi connectivity index (χ1v) is 6.57. The summed E-state index contributed by atoms with van der Waals surface area (Å²) < 4.78 is 41.3. The molecule has 2 aliphatic rings. The van der Waals surface area contributed by atoms with Crippen molar-refractivity contribution in [3.05, 3.63) is 0 Å². The zero-order chi connectivity index (χ0) is 14.1. The van der Waals surface area contributed by atoms with Gasteiger partial charge in [0.1, 0.15) is 12.1 Å². The minimum absolute atomic E-state index is 0.231. The molecule has 0 aliphatic heterocycles. The molecule has 7 heteroatoms. The van der Waals surface area contributed by atoms with Gasteiger partial charge in [-0.2, -0.15) is 13.2 Å². The number of alkyl halides is 3. The first kappa shape index (κ1) is 14.6. The van der Waals surface area contributed by atoms with Crippen LogP contribution in [0.25, 0.3) is 0 Å². The molecule has 0 radical (unpaired) electrons. The number of amides is 1. The second-order valence-corrected chi connectivity index (χ2v) is 5.51. The summed E-state index contributed by atoms with van der Waals surface area (Å²) in [6.07, 6.45) is -0.931. The van der Waals surface area contributed by atoms with Gasteiger partial charge in [-0.3, -0.25) is 4.79 Å². The van der Waals surface area contributed by atoms with Gasteiger partial charge in [-0.15, -0.1) is 0 Å². The molecule has 2 saturated carbocycles. The summed E-state index contributed by atoms with van der Waals surface area (Å²) in [5.41, 5.74) is 4.55. The standard InChI is InChI=1S/C12H19F3N2O2/c13-12(14,15)7-19-9-2-1-5-11(6-9,10(16)18)17-8-3-4-8/h8-9,17H,1-7H2,(H2,16,18). The summed E-state index contributed by atoms with van der Waals surface area (Å²) in [5.74, 6) is -0.486. The fourth-order valence-corrected chi connectivity index (χ4v) is 2.62.